The second-order valence-electron chi connectivity index (χ2n) is 4.38. The van der Waals surface area contributed by atoms with Crippen LogP contribution in [0.25, 0.3) is 0 Å². The molecule has 0 spiro atoms. The van der Waals surface area contributed by atoms with Gasteiger partial charge in [-0.1, -0.05) is 6.07 Å². The Morgan fingerprint density at radius 1 is 1.41 bits per heavy atom. The van der Waals surface area contributed by atoms with Gasteiger partial charge in [-0.05, 0) is 37.1 Å². The van der Waals surface area contributed by atoms with Gasteiger partial charge < -0.3 is 14.7 Å². The van der Waals surface area contributed by atoms with Crippen molar-refractivity contribution in [3.8, 4) is 0 Å². The molecule has 1 aliphatic rings. The number of ether oxygens (including phenoxy) is 1. The molecule has 1 saturated heterocycles. The fraction of sp³-hybridized carbons (Fsp3) is 0.462. The Balaban J connectivity index is 2.34. The highest BCUT2D eigenvalue weighted by molar-refractivity contribution is 5.95. The van der Waals surface area contributed by atoms with Crippen LogP contribution in [0.15, 0.2) is 18.2 Å². The first-order chi connectivity index (χ1) is 8.13. The van der Waals surface area contributed by atoms with Gasteiger partial charge in [0.15, 0.2) is 0 Å². The number of amides is 1. The maximum Gasteiger partial charge on any atom is 0.253 e. The monoisotopic (exact) mass is 235 g/mol. The number of carbonyl (C=O) groups excluding carboxylic acids is 1. The van der Waals surface area contributed by atoms with Gasteiger partial charge in [-0.25, -0.2) is 0 Å². The maximum absolute atomic E-state index is 11.9. The molecule has 4 heteroatoms. The predicted molar refractivity (Wildman–Crippen MR) is 65.1 cm³/mol. The van der Waals surface area contributed by atoms with Gasteiger partial charge in [-0.15, -0.1) is 0 Å². The molecule has 1 N–H and O–H groups in total. The van der Waals surface area contributed by atoms with Crippen molar-refractivity contribution in [3.05, 3.63) is 29.3 Å². The molecule has 1 heterocycles. The predicted octanol–water partition coefficient (Wildman–Crippen LogP) is 1.03. The van der Waals surface area contributed by atoms with E-state index in [9.17, 15) is 9.90 Å². The van der Waals surface area contributed by atoms with Crippen LogP contribution in [0.4, 0.5) is 5.69 Å². The highest BCUT2D eigenvalue weighted by Gasteiger charge is 2.29. The van der Waals surface area contributed by atoms with E-state index in [0.29, 0.717) is 6.61 Å². The lowest BCUT2D eigenvalue weighted by molar-refractivity contribution is -0.128. The van der Waals surface area contributed by atoms with Crippen LogP contribution < -0.4 is 4.90 Å². The van der Waals surface area contributed by atoms with E-state index in [1.54, 1.807) is 4.90 Å². The highest BCUT2D eigenvalue weighted by atomic mass is 16.5. The third kappa shape index (κ3) is 2.33. The number of anilines is 1. The van der Waals surface area contributed by atoms with Crippen molar-refractivity contribution in [1.82, 2.24) is 0 Å². The number of morpholine rings is 1. The molecule has 4 nitrogen and oxygen atoms in total. The van der Waals surface area contributed by atoms with Crippen LogP contribution in [0.3, 0.4) is 0 Å². The van der Waals surface area contributed by atoms with Gasteiger partial charge in [0.2, 0.25) is 0 Å². The van der Waals surface area contributed by atoms with Crippen molar-refractivity contribution in [1.29, 1.82) is 0 Å². The number of nitrogens with zero attached hydrogens (tertiary/aromatic N) is 1. The average molecular weight is 235 g/mol. The molecule has 1 atom stereocenters. The van der Waals surface area contributed by atoms with E-state index in [1.165, 1.54) is 5.56 Å². The van der Waals surface area contributed by atoms with Gasteiger partial charge in [0.1, 0.15) is 6.61 Å². The van der Waals surface area contributed by atoms with Crippen LogP contribution in [0.1, 0.15) is 11.1 Å². The summed E-state index contributed by atoms with van der Waals surface area (Å²) in [5.41, 5.74) is 3.16. The van der Waals surface area contributed by atoms with Crippen LogP contribution >= 0.6 is 0 Å². The number of hydrogen-bond acceptors (Lipinski definition) is 3. The molecule has 2 rings (SSSR count). The lowest BCUT2D eigenvalue weighted by Crippen LogP contribution is -2.51. The molecule has 1 aromatic rings. The minimum absolute atomic E-state index is 0.0847. The minimum atomic E-state index is -0.279. The lowest BCUT2D eigenvalue weighted by Gasteiger charge is -2.34. The van der Waals surface area contributed by atoms with Gasteiger partial charge in [0, 0.05) is 5.69 Å². The van der Waals surface area contributed by atoms with Crippen molar-refractivity contribution >= 4 is 11.6 Å². The Morgan fingerprint density at radius 2 is 2.18 bits per heavy atom. The second kappa shape index (κ2) is 4.85. The molecule has 1 unspecified atom stereocenters. The molecule has 17 heavy (non-hydrogen) atoms. The summed E-state index contributed by atoms with van der Waals surface area (Å²) >= 11 is 0. The standard InChI is InChI=1S/C13H17NO3/c1-9-3-4-11(5-10(9)2)14-12(6-15)7-17-8-13(14)16/h3-5,12,15H,6-8H2,1-2H3. The summed E-state index contributed by atoms with van der Waals surface area (Å²) < 4.78 is 5.14. The molecule has 1 aromatic carbocycles. The van der Waals surface area contributed by atoms with Crippen molar-refractivity contribution < 1.29 is 14.6 Å². The van der Waals surface area contributed by atoms with E-state index in [1.807, 2.05) is 32.0 Å². The fourth-order valence-corrected chi connectivity index (χ4v) is 1.99. The van der Waals surface area contributed by atoms with Crippen molar-refractivity contribution in [3.63, 3.8) is 0 Å². The largest absolute Gasteiger partial charge is 0.394 e. The maximum atomic E-state index is 11.9. The Bertz CT molecular complexity index is 431. The van der Waals surface area contributed by atoms with Gasteiger partial charge >= 0.3 is 0 Å². The smallest absolute Gasteiger partial charge is 0.253 e. The summed E-state index contributed by atoms with van der Waals surface area (Å²) in [7, 11) is 0. The first kappa shape index (κ1) is 12.1. The number of aliphatic hydroxyl groups is 1. The molecular weight excluding hydrogens is 218 g/mol. The molecule has 0 radical (unpaired) electrons. The van der Waals surface area contributed by atoms with E-state index in [-0.39, 0.29) is 25.2 Å². The number of benzene rings is 1. The fourth-order valence-electron chi connectivity index (χ4n) is 1.99. The molecule has 1 amide bonds. The van der Waals surface area contributed by atoms with E-state index in [4.69, 9.17) is 4.74 Å². The SMILES string of the molecule is Cc1ccc(N2C(=O)COCC2CO)cc1C. The average Bonchev–Trinajstić information content (AvgIpc) is 2.32. The topological polar surface area (TPSA) is 49.8 Å². The summed E-state index contributed by atoms with van der Waals surface area (Å²) in [5.74, 6) is -0.0986. The first-order valence-corrected chi connectivity index (χ1v) is 5.71. The number of hydrogen-bond donors (Lipinski definition) is 1. The Kier molecular flexibility index (Phi) is 3.45. The highest BCUT2D eigenvalue weighted by Crippen LogP contribution is 2.23. The van der Waals surface area contributed by atoms with Gasteiger partial charge in [0.05, 0.1) is 19.3 Å². The molecule has 0 saturated carbocycles. The second-order valence-corrected chi connectivity index (χ2v) is 4.38. The zero-order valence-electron chi connectivity index (χ0n) is 10.1. The number of rotatable bonds is 2. The summed E-state index contributed by atoms with van der Waals surface area (Å²) in [6.07, 6.45) is 0. The summed E-state index contributed by atoms with van der Waals surface area (Å²) in [5, 5.41) is 9.29. The van der Waals surface area contributed by atoms with Crippen molar-refractivity contribution in [2.45, 2.75) is 19.9 Å². The summed E-state index contributed by atoms with van der Waals surface area (Å²) in [6, 6.07) is 5.59. The third-order valence-electron chi connectivity index (χ3n) is 3.15. The molecule has 0 aliphatic carbocycles. The van der Waals surface area contributed by atoms with E-state index < -0.39 is 0 Å². The normalized spacial score (nSPS) is 20.8. The lowest BCUT2D eigenvalue weighted by atomic mass is 10.1. The summed E-state index contributed by atoms with van der Waals surface area (Å²) in [4.78, 5) is 13.5. The zero-order chi connectivity index (χ0) is 12.4. The quantitative estimate of drug-likeness (QED) is 0.833. The third-order valence-corrected chi connectivity index (χ3v) is 3.15. The molecule has 1 aliphatic heterocycles. The van der Waals surface area contributed by atoms with Crippen LogP contribution in [0.2, 0.25) is 0 Å². The molecule has 0 bridgehead atoms. The molecule has 92 valence electrons. The van der Waals surface area contributed by atoms with Gasteiger partial charge in [0.25, 0.3) is 5.91 Å². The van der Waals surface area contributed by atoms with Crippen molar-refractivity contribution in [2.75, 3.05) is 24.7 Å². The Morgan fingerprint density at radius 3 is 2.82 bits per heavy atom. The van der Waals surface area contributed by atoms with Crippen LogP contribution in [0.5, 0.6) is 0 Å². The minimum Gasteiger partial charge on any atom is -0.394 e. The van der Waals surface area contributed by atoms with Crippen LogP contribution in [0, 0.1) is 13.8 Å². The van der Waals surface area contributed by atoms with E-state index in [0.717, 1.165) is 11.3 Å². The summed E-state index contributed by atoms with van der Waals surface area (Å²) in [6.45, 7) is 4.43. The Hall–Kier alpha value is -1.39. The number of carbonyl (C=O) groups is 1. The number of aryl methyl sites for hydroxylation is 2. The van der Waals surface area contributed by atoms with Crippen LogP contribution in [-0.4, -0.2) is 36.9 Å². The van der Waals surface area contributed by atoms with Gasteiger partial charge in [-0.3, -0.25) is 4.79 Å². The molecular formula is C13H17NO3. The van der Waals surface area contributed by atoms with E-state index in [2.05, 4.69) is 0 Å². The van der Waals surface area contributed by atoms with E-state index >= 15 is 0 Å². The molecule has 1 fully saturated rings. The Labute approximate surface area is 101 Å². The molecule has 0 aromatic heterocycles. The van der Waals surface area contributed by atoms with Crippen molar-refractivity contribution in [2.24, 2.45) is 0 Å². The zero-order valence-corrected chi connectivity index (χ0v) is 10.1. The number of aliphatic hydroxyl groups excluding tert-OH is 1. The van der Waals surface area contributed by atoms with Crippen LogP contribution in [-0.2, 0) is 9.53 Å². The van der Waals surface area contributed by atoms with Gasteiger partial charge in [-0.2, -0.15) is 0 Å². The first-order valence-electron chi connectivity index (χ1n) is 5.71.